The number of nitrogens with zero attached hydrogens (tertiary/aromatic N) is 2. The maximum absolute atomic E-state index is 15.2. The van der Waals surface area contributed by atoms with Crippen molar-refractivity contribution in [1.29, 1.82) is 5.26 Å². The minimum absolute atomic E-state index is 0.000840. The number of carbonyl (C=O) groups excluding carboxylic acids is 4. The van der Waals surface area contributed by atoms with Gasteiger partial charge in [-0.25, -0.2) is 6.57 Å². The summed E-state index contributed by atoms with van der Waals surface area (Å²) in [7, 11) is 0. The van der Waals surface area contributed by atoms with Gasteiger partial charge in [-0.1, -0.05) is 51.5 Å². The van der Waals surface area contributed by atoms with E-state index in [1.165, 1.54) is 24.6 Å². The Bertz CT molecular complexity index is 2960. The van der Waals surface area contributed by atoms with E-state index >= 15 is 4.79 Å². The van der Waals surface area contributed by atoms with Crippen molar-refractivity contribution in [3.8, 4) is 17.6 Å². The van der Waals surface area contributed by atoms with Crippen molar-refractivity contribution in [3.05, 3.63) is 71.1 Å². The van der Waals surface area contributed by atoms with E-state index < -0.39 is 56.2 Å². The van der Waals surface area contributed by atoms with Gasteiger partial charge in [-0.3, -0.25) is 19.2 Å². The van der Waals surface area contributed by atoms with Gasteiger partial charge in [0.2, 0.25) is 5.54 Å². The van der Waals surface area contributed by atoms with Crippen molar-refractivity contribution < 1.29 is 76.8 Å². The normalized spacial score (nSPS) is 28.0. The molecular formula is C80H120N2O16S2. The first-order chi connectivity index (χ1) is 47.8. The summed E-state index contributed by atoms with van der Waals surface area (Å²) in [4.78, 5) is 60.3. The van der Waals surface area contributed by atoms with Crippen LogP contribution < -0.4 is 0 Å². The van der Waals surface area contributed by atoms with E-state index in [1.807, 2.05) is 65.1 Å². The van der Waals surface area contributed by atoms with Gasteiger partial charge in [0, 0.05) is 32.8 Å². The molecule has 2 aromatic rings. The second-order valence-corrected chi connectivity index (χ2v) is 34.2. The quantitative estimate of drug-likeness (QED) is 0.0206. The third-order valence-corrected chi connectivity index (χ3v) is 26.5. The predicted octanol–water partition coefficient (Wildman–Crippen LogP) is 16.6. The van der Waals surface area contributed by atoms with E-state index in [9.17, 15) is 29.9 Å². The maximum atomic E-state index is 15.2. The number of rotatable bonds is 46. The Morgan fingerprint density at radius 3 is 1.33 bits per heavy atom. The minimum Gasteiger partial charge on any atom is -0.508 e. The molecule has 0 spiro atoms. The van der Waals surface area contributed by atoms with Gasteiger partial charge in [0.15, 0.2) is 18.9 Å². The van der Waals surface area contributed by atoms with Crippen LogP contribution in [0.2, 0.25) is 0 Å². The maximum Gasteiger partial charge on any atom is 0.322 e. The molecule has 8 bridgehead atoms. The average molecular weight is 1430 g/mol. The SMILES string of the molecule is [C-]#[N+]C(C)(CCC(=O)OCCOC(C)OCCOC(C)OCCOC(=O)CCC(C)(C#N)CC(CC(C)(SC)C(=O)OC1(CC)C2CC3CC(C2)CC1C3)c1ccc(O)cc1)CC(CC(C)(SCCCOC(C)OCCCC)C(=O)OC1(CC)C2CC3CC(C2)CC1C3)c1ccc(O)cc1. The fraction of sp³-hybridized carbons (Fsp3) is 0.775. The Morgan fingerprint density at radius 1 is 0.550 bits per heavy atom. The van der Waals surface area contributed by atoms with Gasteiger partial charge >= 0.3 is 23.9 Å². The molecule has 2 aromatic carbocycles. The summed E-state index contributed by atoms with van der Waals surface area (Å²) in [6, 6.07) is 16.5. The third-order valence-electron chi connectivity index (χ3n) is 23.8. The number of phenolic OH excluding ortho intramolecular Hbond substituents is 2. The van der Waals surface area contributed by atoms with Crippen molar-refractivity contribution in [2.45, 2.75) is 274 Å². The standard InChI is InChI=1S/C80H120N2O16S2/c1-13-16-30-89-54(4)90-31-17-38-100-78(10,74(88)98-80(15-3)67-45-59-40-60(47-67)48-68(80)46-59)52-64(62-20-24-70(84)25-21-62)50-76(8,82-11)29-27-72(86)96-37-35-94-56(6)92-33-32-91-55(5)93-34-36-95-71(85)26-28-75(7,53-81)49-63(61-18-22-69(83)23-19-61)51-77(9,99-12)73(87)97-79(14-2)65-41-57-39-58(43-65)44-66(79)42-57/h18-25,54-60,63-68,83-84H,13-17,26-52H2,1-10,12H3. The number of phenols is 2. The van der Waals surface area contributed by atoms with Crippen LogP contribution in [0.3, 0.4) is 0 Å². The molecule has 9 atom stereocenters. The van der Waals surface area contributed by atoms with Gasteiger partial charge in [0.05, 0.1) is 50.9 Å². The number of esters is 4. The molecule has 0 amide bonds. The van der Waals surface area contributed by atoms with Gasteiger partial charge < -0.3 is 62.4 Å². The van der Waals surface area contributed by atoms with Crippen molar-refractivity contribution in [2.75, 3.05) is 64.9 Å². The zero-order chi connectivity index (χ0) is 72.3. The van der Waals surface area contributed by atoms with Gasteiger partial charge in [-0.15, -0.1) is 23.5 Å². The summed E-state index contributed by atoms with van der Waals surface area (Å²) >= 11 is 3.07. The molecule has 0 aliphatic heterocycles. The monoisotopic (exact) mass is 1430 g/mol. The molecule has 10 rings (SSSR count). The molecule has 0 saturated heterocycles. The largest absolute Gasteiger partial charge is 0.508 e. The highest BCUT2D eigenvalue weighted by Crippen LogP contribution is 2.63. The molecule has 20 heteroatoms. The Hall–Kier alpha value is -4.64. The van der Waals surface area contributed by atoms with Crippen molar-refractivity contribution in [3.63, 3.8) is 0 Å². The van der Waals surface area contributed by atoms with Crippen LogP contribution in [0.15, 0.2) is 48.5 Å². The van der Waals surface area contributed by atoms with Gasteiger partial charge in [-0.05, 0) is 264 Å². The molecule has 8 saturated carbocycles. The second-order valence-electron chi connectivity index (χ2n) is 31.3. The molecule has 8 aliphatic rings. The van der Waals surface area contributed by atoms with Crippen LogP contribution in [-0.2, 0) is 66.5 Å². The van der Waals surface area contributed by atoms with E-state index in [2.05, 4.69) is 31.7 Å². The van der Waals surface area contributed by atoms with Gasteiger partial charge in [-0.2, -0.15) is 5.26 Å². The topological polar surface area (TPSA) is 229 Å². The molecule has 0 radical (unpaired) electrons. The van der Waals surface area contributed by atoms with Crippen molar-refractivity contribution >= 4 is 47.4 Å². The highest BCUT2D eigenvalue weighted by Gasteiger charge is 2.61. The van der Waals surface area contributed by atoms with E-state index in [1.54, 1.807) is 49.9 Å². The number of aromatic hydroxyl groups is 2. The van der Waals surface area contributed by atoms with Crippen LogP contribution in [0.25, 0.3) is 4.85 Å². The molecule has 18 nitrogen and oxygen atoms in total. The number of hydrogen-bond donors (Lipinski definition) is 2. The summed E-state index contributed by atoms with van der Waals surface area (Å²) in [6.07, 6.45) is 18.3. The summed E-state index contributed by atoms with van der Waals surface area (Å²) in [6.45, 7) is 29.6. The fourth-order valence-electron chi connectivity index (χ4n) is 18.3. The summed E-state index contributed by atoms with van der Waals surface area (Å²) in [5.74, 6) is 3.44. The molecule has 100 heavy (non-hydrogen) atoms. The molecular weight excluding hydrogens is 1310 g/mol. The molecule has 8 fully saturated rings. The lowest BCUT2D eigenvalue weighted by Crippen LogP contribution is -2.60. The number of hydrogen-bond acceptors (Lipinski definition) is 19. The zero-order valence-electron chi connectivity index (χ0n) is 62.1. The number of carbonyl (C=O) groups is 4. The second kappa shape index (κ2) is 37.4. The highest BCUT2D eigenvalue weighted by molar-refractivity contribution is 8.01. The number of unbranched alkanes of at least 4 members (excludes halogenated alkanes) is 1. The summed E-state index contributed by atoms with van der Waals surface area (Å²) in [5.41, 5.74) is -1.08. The average Bonchev–Trinajstić information content (AvgIpc) is 0.732. The summed E-state index contributed by atoms with van der Waals surface area (Å²) < 4.78 is 58.0. The minimum atomic E-state index is -1.00. The van der Waals surface area contributed by atoms with Crippen LogP contribution >= 0.6 is 23.5 Å². The zero-order valence-corrected chi connectivity index (χ0v) is 63.7. The molecule has 8 aliphatic carbocycles. The number of benzene rings is 2. The highest BCUT2D eigenvalue weighted by atomic mass is 32.2. The van der Waals surface area contributed by atoms with E-state index in [0.717, 1.165) is 112 Å². The van der Waals surface area contributed by atoms with Crippen molar-refractivity contribution in [2.24, 2.45) is 52.8 Å². The van der Waals surface area contributed by atoms with Gasteiger partial charge in [0.25, 0.3) is 0 Å². The lowest BCUT2D eigenvalue weighted by Gasteiger charge is -2.60. The molecule has 2 N–H and O–H groups in total. The molecule has 558 valence electrons. The number of thioether (sulfide) groups is 2. The van der Waals surface area contributed by atoms with Crippen LogP contribution in [0.1, 0.15) is 240 Å². The fourth-order valence-corrected chi connectivity index (χ4v) is 20.1. The lowest BCUT2D eigenvalue weighted by atomic mass is 9.49. The van der Waals surface area contributed by atoms with Gasteiger partial charge in [0.1, 0.15) is 45.4 Å². The molecule has 0 heterocycles. The van der Waals surface area contributed by atoms with Crippen LogP contribution in [0.4, 0.5) is 0 Å². The summed E-state index contributed by atoms with van der Waals surface area (Å²) in [5, 5.41) is 31.3. The third kappa shape index (κ3) is 21.7. The Balaban J connectivity index is 0.731. The number of nitriles is 1. The Kier molecular flexibility index (Phi) is 30.3. The van der Waals surface area contributed by atoms with E-state index in [4.69, 9.17) is 53.9 Å². The van der Waals surface area contributed by atoms with Crippen LogP contribution in [0.5, 0.6) is 11.5 Å². The van der Waals surface area contributed by atoms with E-state index in [0.29, 0.717) is 74.7 Å². The molecule has 9 unspecified atom stereocenters. The Morgan fingerprint density at radius 2 is 0.930 bits per heavy atom. The van der Waals surface area contributed by atoms with Crippen LogP contribution in [-0.4, -0.2) is 144 Å². The Labute approximate surface area is 606 Å². The smallest absolute Gasteiger partial charge is 0.322 e. The first-order valence-electron chi connectivity index (χ1n) is 37.8. The van der Waals surface area contributed by atoms with E-state index in [-0.39, 0.29) is 107 Å². The first-order valence-corrected chi connectivity index (χ1v) is 40.0. The first kappa shape index (κ1) is 81.0. The number of ether oxygens (including phenoxy) is 10. The van der Waals surface area contributed by atoms with Crippen molar-refractivity contribution in [1.82, 2.24) is 0 Å². The lowest BCUT2D eigenvalue weighted by molar-refractivity contribution is -0.213. The van der Waals surface area contributed by atoms with Crippen LogP contribution in [0, 0.1) is 70.7 Å². The molecule has 0 aromatic heterocycles. The predicted molar refractivity (Wildman–Crippen MR) is 388 cm³/mol.